The van der Waals surface area contributed by atoms with Crippen LogP contribution in [0, 0.1) is 10.1 Å². The number of nitrogens with zero attached hydrogens (tertiary/aromatic N) is 2. The molecule has 0 unspecified atom stereocenters. The van der Waals surface area contributed by atoms with E-state index in [2.05, 4.69) is 10.5 Å². The molecule has 1 heterocycles. The SMILES string of the molecule is O=[N+]([O-])c1ccc(Cl)cc1NN=Cc1ccc2c(c1)OCO2. The first-order valence-electron chi connectivity index (χ1n) is 6.26. The highest BCUT2D eigenvalue weighted by Crippen LogP contribution is 2.32. The van der Waals surface area contributed by atoms with Crippen molar-refractivity contribution in [3.63, 3.8) is 0 Å². The van der Waals surface area contributed by atoms with Gasteiger partial charge in [0.25, 0.3) is 5.69 Å². The van der Waals surface area contributed by atoms with Gasteiger partial charge in [-0.25, -0.2) is 0 Å². The number of hydrogen-bond acceptors (Lipinski definition) is 6. The summed E-state index contributed by atoms with van der Waals surface area (Å²) < 4.78 is 10.5. The number of hydrogen-bond donors (Lipinski definition) is 1. The normalized spacial score (nSPS) is 12.6. The molecule has 0 bridgehead atoms. The van der Waals surface area contributed by atoms with E-state index in [1.54, 1.807) is 18.2 Å². The average molecular weight is 320 g/mol. The molecule has 2 aromatic rings. The Balaban J connectivity index is 1.77. The number of rotatable bonds is 4. The molecule has 7 nitrogen and oxygen atoms in total. The Morgan fingerprint density at radius 2 is 2.05 bits per heavy atom. The number of benzene rings is 2. The van der Waals surface area contributed by atoms with E-state index in [-0.39, 0.29) is 18.2 Å². The van der Waals surface area contributed by atoms with Gasteiger partial charge in [-0.15, -0.1) is 0 Å². The van der Waals surface area contributed by atoms with Crippen molar-refractivity contribution >= 4 is 29.2 Å². The van der Waals surface area contributed by atoms with Crippen LogP contribution in [0.5, 0.6) is 11.5 Å². The summed E-state index contributed by atoms with van der Waals surface area (Å²) in [5.74, 6) is 1.31. The quantitative estimate of drug-likeness (QED) is 0.530. The van der Waals surface area contributed by atoms with Gasteiger partial charge in [0.1, 0.15) is 5.69 Å². The van der Waals surface area contributed by atoms with Crippen LogP contribution >= 0.6 is 11.6 Å². The summed E-state index contributed by atoms with van der Waals surface area (Å²) in [4.78, 5) is 10.4. The average Bonchev–Trinajstić information content (AvgIpc) is 2.94. The third kappa shape index (κ3) is 2.94. The van der Waals surface area contributed by atoms with Crippen LogP contribution < -0.4 is 14.9 Å². The highest BCUT2D eigenvalue weighted by Gasteiger charge is 2.14. The van der Waals surface area contributed by atoms with Gasteiger partial charge in [-0.1, -0.05) is 11.6 Å². The van der Waals surface area contributed by atoms with Crippen LogP contribution in [0.25, 0.3) is 0 Å². The highest BCUT2D eigenvalue weighted by atomic mass is 35.5. The molecule has 1 aliphatic heterocycles. The molecule has 1 N–H and O–H groups in total. The molecule has 0 radical (unpaired) electrons. The lowest BCUT2D eigenvalue weighted by atomic mass is 10.2. The Labute approximate surface area is 130 Å². The summed E-state index contributed by atoms with van der Waals surface area (Å²) >= 11 is 5.84. The van der Waals surface area contributed by atoms with Crippen molar-refractivity contribution < 1.29 is 14.4 Å². The molecule has 0 spiro atoms. The van der Waals surface area contributed by atoms with Crippen molar-refractivity contribution in [3.05, 3.63) is 57.1 Å². The molecular weight excluding hydrogens is 310 g/mol. The van der Waals surface area contributed by atoms with Gasteiger partial charge in [-0.05, 0) is 35.9 Å². The van der Waals surface area contributed by atoms with Crippen LogP contribution in [0.15, 0.2) is 41.5 Å². The van der Waals surface area contributed by atoms with Gasteiger partial charge in [-0.2, -0.15) is 5.10 Å². The third-order valence-corrected chi connectivity index (χ3v) is 3.19. The van der Waals surface area contributed by atoms with E-state index in [9.17, 15) is 10.1 Å². The zero-order valence-electron chi connectivity index (χ0n) is 11.2. The van der Waals surface area contributed by atoms with Gasteiger partial charge in [-0.3, -0.25) is 15.5 Å². The summed E-state index contributed by atoms with van der Waals surface area (Å²) in [5.41, 5.74) is 3.50. The second kappa shape index (κ2) is 5.90. The summed E-state index contributed by atoms with van der Waals surface area (Å²) in [5, 5.41) is 15.3. The zero-order chi connectivity index (χ0) is 15.5. The van der Waals surface area contributed by atoms with Gasteiger partial charge < -0.3 is 9.47 Å². The Morgan fingerprint density at radius 1 is 1.23 bits per heavy atom. The van der Waals surface area contributed by atoms with Crippen LogP contribution in [0.2, 0.25) is 5.02 Å². The summed E-state index contributed by atoms with van der Waals surface area (Å²) in [7, 11) is 0. The molecule has 0 amide bonds. The minimum absolute atomic E-state index is 0.104. The number of hydrazone groups is 1. The maximum absolute atomic E-state index is 10.9. The zero-order valence-corrected chi connectivity index (χ0v) is 11.9. The van der Waals surface area contributed by atoms with E-state index in [1.807, 2.05) is 0 Å². The first-order valence-corrected chi connectivity index (χ1v) is 6.64. The number of nitrogens with one attached hydrogen (secondary N) is 1. The largest absolute Gasteiger partial charge is 0.454 e. The maximum atomic E-state index is 10.9. The van der Waals surface area contributed by atoms with Crippen LogP contribution in [-0.4, -0.2) is 17.9 Å². The monoisotopic (exact) mass is 319 g/mol. The van der Waals surface area contributed by atoms with E-state index in [0.29, 0.717) is 16.5 Å². The van der Waals surface area contributed by atoms with Crippen LogP contribution in [0.1, 0.15) is 5.56 Å². The van der Waals surface area contributed by atoms with E-state index < -0.39 is 4.92 Å². The number of fused-ring (bicyclic) bond motifs is 1. The Morgan fingerprint density at radius 3 is 2.86 bits per heavy atom. The van der Waals surface area contributed by atoms with Gasteiger partial charge in [0.05, 0.1) is 11.1 Å². The topological polar surface area (TPSA) is 86.0 Å². The van der Waals surface area contributed by atoms with E-state index >= 15 is 0 Å². The molecule has 1 aliphatic rings. The second-order valence-corrected chi connectivity index (χ2v) is 4.84. The van der Waals surface area contributed by atoms with Crippen molar-refractivity contribution in [2.24, 2.45) is 5.10 Å². The molecule has 0 aliphatic carbocycles. The fourth-order valence-electron chi connectivity index (χ4n) is 1.93. The standard InChI is InChI=1S/C14H10ClN3O4/c15-10-2-3-12(18(19)20)11(6-10)17-16-7-9-1-4-13-14(5-9)22-8-21-13/h1-7,17H,8H2. The smallest absolute Gasteiger partial charge is 0.294 e. The lowest BCUT2D eigenvalue weighted by Gasteiger charge is -2.02. The predicted octanol–water partition coefficient (Wildman–Crippen LogP) is 3.42. The molecule has 0 atom stereocenters. The molecule has 8 heteroatoms. The van der Waals surface area contributed by atoms with E-state index in [1.165, 1.54) is 24.4 Å². The van der Waals surface area contributed by atoms with Crippen LogP contribution in [0.4, 0.5) is 11.4 Å². The van der Waals surface area contributed by atoms with E-state index in [4.69, 9.17) is 21.1 Å². The summed E-state index contributed by atoms with van der Waals surface area (Å²) in [6.45, 7) is 0.197. The number of halogens is 1. The van der Waals surface area contributed by atoms with Gasteiger partial charge in [0.2, 0.25) is 6.79 Å². The molecule has 112 valence electrons. The molecule has 22 heavy (non-hydrogen) atoms. The lowest BCUT2D eigenvalue weighted by Crippen LogP contribution is -1.97. The Kier molecular flexibility index (Phi) is 3.80. The van der Waals surface area contributed by atoms with Gasteiger partial charge >= 0.3 is 0 Å². The number of nitro groups is 1. The lowest BCUT2D eigenvalue weighted by molar-refractivity contribution is -0.384. The molecular formula is C14H10ClN3O4. The fourth-order valence-corrected chi connectivity index (χ4v) is 2.10. The molecule has 0 saturated carbocycles. The van der Waals surface area contributed by atoms with Crippen molar-refractivity contribution in [2.45, 2.75) is 0 Å². The van der Waals surface area contributed by atoms with E-state index in [0.717, 1.165) is 5.56 Å². The number of anilines is 1. The van der Waals surface area contributed by atoms with Crippen molar-refractivity contribution in [1.82, 2.24) is 0 Å². The van der Waals surface area contributed by atoms with Gasteiger partial charge in [0.15, 0.2) is 11.5 Å². The summed E-state index contributed by atoms with van der Waals surface area (Å²) in [6, 6.07) is 9.54. The first kappa shape index (κ1) is 14.2. The third-order valence-electron chi connectivity index (χ3n) is 2.95. The molecule has 0 saturated heterocycles. The molecule has 0 aromatic heterocycles. The number of ether oxygens (including phenoxy) is 2. The fraction of sp³-hybridized carbons (Fsp3) is 0.0714. The number of nitro benzene ring substituents is 1. The molecule has 0 fully saturated rings. The molecule has 2 aromatic carbocycles. The predicted molar refractivity (Wildman–Crippen MR) is 81.9 cm³/mol. The minimum Gasteiger partial charge on any atom is -0.454 e. The van der Waals surface area contributed by atoms with Crippen molar-refractivity contribution in [2.75, 3.05) is 12.2 Å². The van der Waals surface area contributed by atoms with Crippen LogP contribution in [-0.2, 0) is 0 Å². The van der Waals surface area contributed by atoms with Crippen molar-refractivity contribution in [3.8, 4) is 11.5 Å². The van der Waals surface area contributed by atoms with Gasteiger partial charge in [0, 0.05) is 11.1 Å². The highest BCUT2D eigenvalue weighted by molar-refractivity contribution is 6.31. The van der Waals surface area contributed by atoms with Crippen LogP contribution in [0.3, 0.4) is 0 Å². The first-order chi connectivity index (χ1) is 10.6. The van der Waals surface area contributed by atoms with Crippen molar-refractivity contribution in [1.29, 1.82) is 0 Å². The minimum atomic E-state index is -0.505. The molecule has 3 rings (SSSR count). The summed E-state index contributed by atoms with van der Waals surface area (Å²) in [6.07, 6.45) is 1.52. The maximum Gasteiger partial charge on any atom is 0.294 e. The Hall–Kier alpha value is -2.80. The second-order valence-electron chi connectivity index (χ2n) is 4.40. The Bertz CT molecular complexity index is 764.